The molecule has 0 atom stereocenters. The van der Waals surface area contributed by atoms with Gasteiger partial charge in [-0.1, -0.05) is 24.8 Å². The third kappa shape index (κ3) is 4.56. The Kier molecular flexibility index (Phi) is 5.95. The number of carbonyl (C=O) groups excluding carboxylic acids is 2. The molecule has 2 fully saturated rings. The third-order valence-corrected chi connectivity index (χ3v) is 5.81. The van der Waals surface area contributed by atoms with Crippen LogP contribution in [0.4, 0.5) is 4.39 Å². The fraction of sp³-hybridized carbons (Fsp3) is 0.524. The zero-order chi connectivity index (χ0) is 19.4. The van der Waals surface area contributed by atoms with Crippen LogP contribution in [0.1, 0.15) is 31.2 Å². The summed E-state index contributed by atoms with van der Waals surface area (Å²) in [6.07, 6.45) is 3.79. The third-order valence-electron chi connectivity index (χ3n) is 5.81. The Morgan fingerprint density at radius 3 is 2.37 bits per heavy atom. The van der Waals surface area contributed by atoms with Crippen LogP contribution in [0.5, 0.6) is 0 Å². The van der Waals surface area contributed by atoms with E-state index in [1.54, 1.807) is 23.1 Å². The van der Waals surface area contributed by atoms with Crippen molar-refractivity contribution in [2.45, 2.75) is 37.7 Å². The van der Waals surface area contributed by atoms with Crippen molar-refractivity contribution < 1.29 is 19.1 Å². The van der Waals surface area contributed by atoms with Crippen LogP contribution < -0.4 is 0 Å². The average Bonchev–Trinajstić information content (AvgIpc) is 2.69. The molecule has 2 aliphatic heterocycles. The quantitative estimate of drug-likeness (QED) is 0.822. The standard InChI is InChI=1S/C21H27FN2O3/c1-2-19(25)23-11-7-16(8-12-23)20(26)24-13-9-21(27,10-14-24)15-17-5-3-4-6-18(17)22/h2-6,16,27H,1,7-15H2. The lowest BCUT2D eigenvalue weighted by molar-refractivity contribution is -0.143. The number of likely N-dealkylation sites (tertiary alicyclic amines) is 2. The van der Waals surface area contributed by atoms with Crippen molar-refractivity contribution in [3.63, 3.8) is 0 Å². The molecule has 0 saturated carbocycles. The van der Waals surface area contributed by atoms with Gasteiger partial charge in [-0.15, -0.1) is 0 Å². The highest BCUT2D eigenvalue weighted by Crippen LogP contribution is 2.29. The molecule has 146 valence electrons. The Morgan fingerprint density at radius 1 is 1.15 bits per heavy atom. The first-order chi connectivity index (χ1) is 12.9. The summed E-state index contributed by atoms with van der Waals surface area (Å²) < 4.78 is 13.9. The van der Waals surface area contributed by atoms with E-state index in [1.807, 2.05) is 4.90 Å². The first-order valence-corrected chi connectivity index (χ1v) is 9.58. The molecule has 0 bridgehead atoms. The topological polar surface area (TPSA) is 60.9 Å². The molecule has 1 N–H and O–H groups in total. The van der Waals surface area contributed by atoms with Gasteiger partial charge in [0.05, 0.1) is 5.60 Å². The molecule has 2 saturated heterocycles. The van der Waals surface area contributed by atoms with E-state index in [0.717, 1.165) is 0 Å². The van der Waals surface area contributed by atoms with Crippen molar-refractivity contribution in [3.05, 3.63) is 48.3 Å². The monoisotopic (exact) mass is 374 g/mol. The highest BCUT2D eigenvalue weighted by Gasteiger charge is 2.37. The van der Waals surface area contributed by atoms with E-state index in [-0.39, 0.29) is 30.0 Å². The van der Waals surface area contributed by atoms with Crippen LogP contribution in [-0.4, -0.2) is 58.5 Å². The molecule has 2 aliphatic rings. The van der Waals surface area contributed by atoms with E-state index in [9.17, 15) is 19.1 Å². The number of piperidine rings is 2. The number of rotatable bonds is 4. The van der Waals surface area contributed by atoms with Crippen LogP contribution >= 0.6 is 0 Å². The summed E-state index contributed by atoms with van der Waals surface area (Å²) >= 11 is 0. The lowest BCUT2D eigenvalue weighted by atomic mass is 9.84. The van der Waals surface area contributed by atoms with Crippen LogP contribution in [0, 0.1) is 11.7 Å². The van der Waals surface area contributed by atoms with Crippen LogP contribution in [0.3, 0.4) is 0 Å². The second-order valence-corrected chi connectivity index (χ2v) is 7.62. The van der Waals surface area contributed by atoms with Crippen molar-refractivity contribution in [2.24, 2.45) is 5.92 Å². The molecular formula is C21H27FN2O3. The van der Waals surface area contributed by atoms with Gasteiger partial charge in [-0.25, -0.2) is 4.39 Å². The van der Waals surface area contributed by atoms with Gasteiger partial charge < -0.3 is 14.9 Å². The van der Waals surface area contributed by atoms with Gasteiger partial charge in [0.15, 0.2) is 0 Å². The zero-order valence-corrected chi connectivity index (χ0v) is 15.6. The number of carbonyl (C=O) groups is 2. The van der Waals surface area contributed by atoms with Gasteiger partial charge in [0, 0.05) is 38.5 Å². The molecule has 0 aromatic heterocycles. The zero-order valence-electron chi connectivity index (χ0n) is 15.6. The summed E-state index contributed by atoms with van der Waals surface area (Å²) in [7, 11) is 0. The fourth-order valence-corrected chi connectivity index (χ4v) is 4.05. The maximum Gasteiger partial charge on any atom is 0.245 e. The van der Waals surface area contributed by atoms with Crippen molar-refractivity contribution >= 4 is 11.8 Å². The predicted octanol–water partition coefficient (Wildman–Crippen LogP) is 2.15. The van der Waals surface area contributed by atoms with E-state index >= 15 is 0 Å². The maximum atomic E-state index is 13.9. The number of hydrogen-bond donors (Lipinski definition) is 1. The van der Waals surface area contributed by atoms with Gasteiger partial charge in [0.1, 0.15) is 5.82 Å². The Hall–Kier alpha value is -2.21. The smallest absolute Gasteiger partial charge is 0.245 e. The average molecular weight is 374 g/mol. The molecular weight excluding hydrogens is 347 g/mol. The molecule has 6 heteroatoms. The minimum Gasteiger partial charge on any atom is -0.389 e. The maximum absolute atomic E-state index is 13.9. The second-order valence-electron chi connectivity index (χ2n) is 7.62. The van der Waals surface area contributed by atoms with Gasteiger partial charge in [0.2, 0.25) is 11.8 Å². The number of benzene rings is 1. The summed E-state index contributed by atoms with van der Waals surface area (Å²) in [6.45, 7) is 5.61. The Balaban J connectivity index is 1.51. The highest BCUT2D eigenvalue weighted by atomic mass is 19.1. The fourth-order valence-electron chi connectivity index (χ4n) is 4.05. The van der Waals surface area contributed by atoms with E-state index in [2.05, 4.69) is 6.58 Å². The van der Waals surface area contributed by atoms with Crippen LogP contribution in [0.25, 0.3) is 0 Å². The largest absolute Gasteiger partial charge is 0.389 e. The van der Waals surface area contributed by atoms with E-state index in [4.69, 9.17) is 0 Å². The molecule has 0 radical (unpaired) electrons. The van der Waals surface area contributed by atoms with Crippen molar-refractivity contribution in [2.75, 3.05) is 26.2 Å². The molecule has 0 unspecified atom stereocenters. The van der Waals surface area contributed by atoms with Gasteiger partial charge in [-0.3, -0.25) is 9.59 Å². The van der Waals surface area contributed by atoms with E-state index < -0.39 is 5.60 Å². The molecule has 1 aromatic rings. The summed E-state index contributed by atoms with van der Waals surface area (Å²) in [5.74, 6) is -0.354. The molecule has 0 spiro atoms. The summed E-state index contributed by atoms with van der Waals surface area (Å²) in [5.41, 5.74) is -0.461. The predicted molar refractivity (Wildman–Crippen MR) is 100 cm³/mol. The van der Waals surface area contributed by atoms with Gasteiger partial charge in [-0.2, -0.15) is 0 Å². The first kappa shape index (κ1) is 19.5. The van der Waals surface area contributed by atoms with E-state index in [1.165, 1.54) is 12.1 Å². The number of amides is 2. The number of halogens is 1. The van der Waals surface area contributed by atoms with Crippen molar-refractivity contribution in [1.29, 1.82) is 0 Å². The van der Waals surface area contributed by atoms with Gasteiger partial charge in [-0.05, 0) is 43.4 Å². The Bertz CT molecular complexity index is 705. The highest BCUT2D eigenvalue weighted by molar-refractivity contribution is 5.87. The summed E-state index contributed by atoms with van der Waals surface area (Å²) in [4.78, 5) is 28.0. The lowest BCUT2D eigenvalue weighted by Gasteiger charge is -2.40. The van der Waals surface area contributed by atoms with Crippen molar-refractivity contribution in [3.8, 4) is 0 Å². The molecule has 2 heterocycles. The van der Waals surface area contributed by atoms with Gasteiger partial charge in [0.25, 0.3) is 0 Å². The molecule has 2 amide bonds. The summed E-state index contributed by atoms with van der Waals surface area (Å²) in [5, 5.41) is 10.8. The molecule has 27 heavy (non-hydrogen) atoms. The van der Waals surface area contributed by atoms with Crippen LogP contribution in [0.2, 0.25) is 0 Å². The minimum atomic E-state index is -0.973. The van der Waals surface area contributed by atoms with Crippen LogP contribution in [-0.2, 0) is 16.0 Å². The first-order valence-electron chi connectivity index (χ1n) is 9.58. The molecule has 1 aromatic carbocycles. The molecule has 0 aliphatic carbocycles. The number of nitrogens with zero attached hydrogens (tertiary/aromatic N) is 2. The minimum absolute atomic E-state index is 0.0726. The van der Waals surface area contributed by atoms with E-state index in [0.29, 0.717) is 57.4 Å². The second kappa shape index (κ2) is 8.21. The SMILES string of the molecule is C=CC(=O)N1CCC(C(=O)N2CCC(O)(Cc3ccccc3F)CC2)CC1. The van der Waals surface area contributed by atoms with Gasteiger partial charge >= 0.3 is 0 Å². The summed E-state index contributed by atoms with van der Waals surface area (Å²) in [6, 6.07) is 6.51. The van der Waals surface area contributed by atoms with Crippen molar-refractivity contribution in [1.82, 2.24) is 9.80 Å². The number of hydrogen-bond acceptors (Lipinski definition) is 3. The molecule has 3 rings (SSSR count). The molecule has 5 nitrogen and oxygen atoms in total. The Labute approximate surface area is 159 Å². The Morgan fingerprint density at radius 2 is 1.78 bits per heavy atom. The lowest BCUT2D eigenvalue weighted by Crippen LogP contribution is -2.51. The number of aliphatic hydroxyl groups is 1. The van der Waals surface area contributed by atoms with Crippen LogP contribution in [0.15, 0.2) is 36.9 Å². The normalized spacial score (nSPS) is 20.4.